The number of aliphatic hydroxyl groups is 1. The molecule has 2 unspecified atom stereocenters. The molecule has 1 amide bonds. The SMILES string of the molecule is CCC(CC(=O)N1CCCC(CO)C1)C(C)C. The summed E-state index contributed by atoms with van der Waals surface area (Å²) in [5.74, 6) is 1.65. The zero-order valence-electron chi connectivity index (χ0n) is 11.5. The van der Waals surface area contributed by atoms with Gasteiger partial charge in [0.15, 0.2) is 0 Å². The van der Waals surface area contributed by atoms with Gasteiger partial charge in [-0.15, -0.1) is 0 Å². The Kier molecular flexibility index (Phi) is 5.96. The zero-order chi connectivity index (χ0) is 12.8. The van der Waals surface area contributed by atoms with E-state index in [1.165, 1.54) is 0 Å². The van der Waals surface area contributed by atoms with Gasteiger partial charge >= 0.3 is 0 Å². The summed E-state index contributed by atoms with van der Waals surface area (Å²) < 4.78 is 0. The van der Waals surface area contributed by atoms with Crippen LogP contribution in [0.5, 0.6) is 0 Å². The molecule has 0 aromatic heterocycles. The van der Waals surface area contributed by atoms with Gasteiger partial charge in [-0.25, -0.2) is 0 Å². The van der Waals surface area contributed by atoms with Crippen LogP contribution in [0, 0.1) is 17.8 Å². The van der Waals surface area contributed by atoms with Crippen molar-refractivity contribution < 1.29 is 9.90 Å². The predicted molar refractivity (Wildman–Crippen MR) is 69.6 cm³/mol. The molecular formula is C14H27NO2. The first kappa shape index (κ1) is 14.5. The minimum atomic E-state index is 0.213. The van der Waals surface area contributed by atoms with Crippen molar-refractivity contribution in [2.45, 2.75) is 46.5 Å². The highest BCUT2D eigenvalue weighted by molar-refractivity contribution is 5.76. The molecule has 1 rings (SSSR count). The molecule has 1 heterocycles. The summed E-state index contributed by atoms with van der Waals surface area (Å²) in [6.45, 7) is 8.38. The molecule has 100 valence electrons. The minimum absolute atomic E-state index is 0.213. The molecule has 0 aliphatic carbocycles. The Morgan fingerprint density at radius 1 is 1.47 bits per heavy atom. The molecule has 1 N–H and O–H groups in total. The Bertz CT molecular complexity index is 240. The van der Waals surface area contributed by atoms with Crippen LogP contribution < -0.4 is 0 Å². The van der Waals surface area contributed by atoms with Gasteiger partial charge in [-0.1, -0.05) is 27.2 Å². The minimum Gasteiger partial charge on any atom is -0.396 e. The van der Waals surface area contributed by atoms with E-state index in [1.807, 2.05) is 4.90 Å². The lowest BCUT2D eigenvalue weighted by Gasteiger charge is -2.33. The summed E-state index contributed by atoms with van der Waals surface area (Å²) in [6.07, 6.45) is 3.84. The molecule has 1 fully saturated rings. The van der Waals surface area contributed by atoms with Gasteiger partial charge in [0.1, 0.15) is 0 Å². The average Bonchev–Trinajstić information content (AvgIpc) is 2.35. The first-order valence-electron chi connectivity index (χ1n) is 6.97. The molecule has 3 nitrogen and oxygen atoms in total. The van der Waals surface area contributed by atoms with Gasteiger partial charge < -0.3 is 10.0 Å². The molecule has 0 saturated carbocycles. The lowest BCUT2D eigenvalue weighted by atomic mass is 9.89. The van der Waals surface area contributed by atoms with Gasteiger partial charge in [0, 0.05) is 26.1 Å². The van der Waals surface area contributed by atoms with Crippen molar-refractivity contribution in [3.8, 4) is 0 Å². The fourth-order valence-electron chi connectivity index (χ4n) is 2.65. The number of nitrogens with zero attached hydrogens (tertiary/aromatic N) is 1. The first-order valence-corrected chi connectivity index (χ1v) is 6.97. The summed E-state index contributed by atoms with van der Waals surface area (Å²) in [7, 11) is 0. The van der Waals surface area contributed by atoms with Crippen LogP contribution in [0.2, 0.25) is 0 Å². The van der Waals surface area contributed by atoms with Crippen molar-refractivity contribution in [2.24, 2.45) is 17.8 Å². The number of carbonyl (C=O) groups excluding carboxylic acids is 1. The molecule has 17 heavy (non-hydrogen) atoms. The highest BCUT2D eigenvalue weighted by Crippen LogP contribution is 2.22. The molecule has 0 aromatic rings. The molecule has 0 bridgehead atoms. The van der Waals surface area contributed by atoms with Crippen LogP contribution in [0.3, 0.4) is 0 Å². The second kappa shape index (κ2) is 7.00. The van der Waals surface area contributed by atoms with E-state index in [0.717, 1.165) is 32.4 Å². The van der Waals surface area contributed by atoms with E-state index in [9.17, 15) is 4.79 Å². The standard InChI is InChI=1S/C14H27NO2/c1-4-13(11(2)3)8-14(17)15-7-5-6-12(9-15)10-16/h11-13,16H,4-10H2,1-3H3. The normalized spacial score (nSPS) is 22.9. The Morgan fingerprint density at radius 3 is 2.71 bits per heavy atom. The molecular weight excluding hydrogens is 214 g/mol. The van der Waals surface area contributed by atoms with Crippen LogP contribution in [0.15, 0.2) is 0 Å². The highest BCUT2D eigenvalue weighted by Gasteiger charge is 2.25. The Labute approximate surface area is 105 Å². The summed E-state index contributed by atoms with van der Waals surface area (Å²) in [6, 6.07) is 0. The van der Waals surface area contributed by atoms with E-state index in [1.54, 1.807) is 0 Å². The number of likely N-dealkylation sites (tertiary alicyclic amines) is 1. The van der Waals surface area contributed by atoms with Crippen molar-refractivity contribution in [1.82, 2.24) is 4.90 Å². The number of rotatable bonds is 5. The zero-order valence-corrected chi connectivity index (χ0v) is 11.5. The molecule has 0 spiro atoms. The second-order valence-electron chi connectivity index (χ2n) is 5.65. The number of hydrogen-bond acceptors (Lipinski definition) is 2. The number of carbonyl (C=O) groups is 1. The van der Waals surface area contributed by atoms with E-state index in [4.69, 9.17) is 5.11 Å². The van der Waals surface area contributed by atoms with Crippen LogP contribution in [0.25, 0.3) is 0 Å². The molecule has 1 saturated heterocycles. The Hall–Kier alpha value is -0.570. The fraction of sp³-hybridized carbons (Fsp3) is 0.929. The van der Waals surface area contributed by atoms with Gasteiger partial charge in [-0.3, -0.25) is 4.79 Å². The molecule has 2 atom stereocenters. The lowest BCUT2D eigenvalue weighted by molar-refractivity contribution is -0.134. The Balaban J connectivity index is 2.46. The van der Waals surface area contributed by atoms with Crippen molar-refractivity contribution in [3.63, 3.8) is 0 Å². The predicted octanol–water partition coefficient (Wildman–Crippen LogP) is 2.29. The van der Waals surface area contributed by atoms with E-state index >= 15 is 0 Å². The molecule has 1 aliphatic rings. The molecule has 0 aromatic carbocycles. The third-order valence-corrected chi connectivity index (χ3v) is 4.03. The number of aliphatic hydroxyl groups excluding tert-OH is 1. The largest absolute Gasteiger partial charge is 0.396 e. The van der Waals surface area contributed by atoms with Crippen LogP contribution in [0.4, 0.5) is 0 Å². The van der Waals surface area contributed by atoms with Gasteiger partial charge in [0.2, 0.25) is 5.91 Å². The van der Waals surface area contributed by atoms with E-state index in [2.05, 4.69) is 20.8 Å². The maximum Gasteiger partial charge on any atom is 0.222 e. The maximum absolute atomic E-state index is 12.2. The van der Waals surface area contributed by atoms with Gasteiger partial charge in [-0.2, -0.15) is 0 Å². The third-order valence-electron chi connectivity index (χ3n) is 4.03. The summed E-state index contributed by atoms with van der Waals surface area (Å²) in [4.78, 5) is 14.1. The maximum atomic E-state index is 12.2. The number of piperidine rings is 1. The van der Waals surface area contributed by atoms with Crippen molar-refractivity contribution in [1.29, 1.82) is 0 Å². The smallest absolute Gasteiger partial charge is 0.222 e. The monoisotopic (exact) mass is 241 g/mol. The molecule has 3 heteroatoms. The van der Waals surface area contributed by atoms with Gasteiger partial charge in [-0.05, 0) is 30.6 Å². The van der Waals surface area contributed by atoms with E-state index < -0.39 is 0 Å². The van der Waals surface area contributed by atoms with Crippen LogP contribution in [0.1, 0.15) is 46.5 Å². The quantitative estimate of drug-likeness (QED) is 0.802. The topological polar surface area (TPSA) is 40.5 Å². The first-order chi connectivity index (χ1) is 8.08. The molecule has 1 aliphatic heterocycles. The fourth-order valence-corrected chi connectivity index (χ4v) is 2.65. The van der Waals surface area contributed by atoms with Gasteiger partial charge in [0.05, 0.1) is 0 Å². The summed E-state index contributed by atoms with van der Waals surface area (Å²) in [5, 5.41) is 9.17. The number of amides is 1. The summed E-state index contributed by atoms with van der Waals surface area (Å²) in [5.41, 5.74) is 0. The van der Waals surface area contributed by atoms with Crippen molar-refractivity contribution >= 4 is 5.91 Å². The lowest BCUT2D eigenvalue weighted by Crippen LogP contribution is -2.41. The van der Waals surface area contributed by atoms with E-state index in [0.29, 0.717) is 24.2 Å². The van der Waals surface area contributed by atoms with Crippen LogP contribution >= 0.6 is 0 Å². The number of hydrogen-bond donors (Lipinski definition) is 1. The second-order valence-corrected chi connectivity index (χ2v) is 5.65. The van der Waals surface area contributed by atoms with Crippen molar-refractivity contribution in [3.05, 3.63) is 0 Å². The average molecular weight is 241 g/mol. The van der Waals surface area contributed by atoms with Crippen LogP contribution in [-0.2, 0) is 4.79 Å². The van der Waals surface area contributed by atoms with Crippen molar-refractivity contribution in [2.75, 3.05) is 19.7 Å². The highest BCUT2D eigenvalue weighted by atomic mass is 16.3. The van der Waals surface area contributed by atoms with Crippen LogP contribution in [-0.4, -0.2) is 35.6 Å². The van der Waals surface area contributed by atoms with E-state index in [-0.39, 0.29) is 12.5 Å². The third kappa shape index (κ3) is 4.30. The summed E-state index contributed by atoms with van der Waals surface area (Å²) >= 11 is 0. The Morgan fingerprint density at radius 2 is 2.18 bits per heavy atom. The van der Waals surface area contributed by atoms with Gasteiger partial charge in [0.25, 0.3) is 0 Å². The molecule has 0 radical (unpaired) electrons.